The van der Waals surface area contributed by atoms with E-state index in [-0.39, 0.29) is 5.91 Å². The van der Waals surface area contributed by atoms with Crippen LogP contribution < -0.4 is 10.6 Å². The van der Waals surface area contributed by atoms with Gasteiger partial charge in [0, 0.05) is 35.4 Å². The van der Waals surface area contributed by atoms with Crippen LogP contribution in [0.5, 0.6) is 0 Å². The second-order valence-corrected chi connectivity index (χ2v) is 8.75. The van der Waals surface area contributed by atoms with Gasteiger partial charge in [-0.25, -0.2) is 0 Å². The number of anilines is 1. The molecule has 0 saturated carbocycles. The number of halogens is 1. The van der Waals surface area contributed by atoms with E-state index in [0.29, 0.717) is 18.2 Å². The Morgan fingerprint density at radius 1 is 0.968 bits per heavy atom. The van der Waals surface area contributed by atoms with E-state index in [2.05, 4.69) is 26.6 Å². The Morgan fingerprint density at radius 3 is 2.45 bits per heavy atom. The third-order valence-corrected chi connectivity index (χ3v) is 5.99. The molecule has 1 aliphatic rings. The van der Waals surface area contributed by atoms with Crippen molar-refractivity contribution in [1.82, 2.24) is 10.2 Å². The first-order chi connectivity index (χ1) is 15.0. The van der Waals surface area contributed by atoms with Crippen LogP contribution in [0.15, 0.2) is 59.1 Å². The van der Waals surface area contributed by atoms with Gasteiger partial charge in [-0.15, -0.1) is 0 Å². The van der Waals surface area contributed by atoms with Crippen molar-refractivity contribution in [3.63, 3.8) is 0 Å². The number of piperidine rings is 1. The SMILES string of the molecule is O=C(NCCCCC1CCCN(C(=O)c2ccc(Br)cc2)C1)C(=O)Nc1ccccc1. The van der Waals surface area contributed by atoms with Gasteiger partial charge in [-0.1, -0.05) is 40.5 Å². The van der Waals surface area contributed by atoms with E-state index in [0.717, 1.165) is 55.2 Å². The van der Waals surface area contributed by atoms with Gasteiger partial charge in [0.15, 0.2) is 0 Å². The highest BCUT2D eigenvalue weighted by Gasteiger charge is 2.24. The number of nitrogens with one attached hydrogen (secondary N) is 2. The fourth-order valence-corrected chi connectivity index (χ4v) is 4.07. The topological polar surface area (TPSA) is 78.5 Å². The van der Waals surface area contributed by atoms with Crippen molar-refractivity contribution in [2.75, 3.05) is 25.0 Å². The van der Waals surface area contributed by atoms with Gasteiger partial charge in [-0.3, -0.25) is 14.4 Å². The smallest absolute Gasteiger partial charge is 0.313 e. The molecule has 2 aromatic carbocycles. The first-order valence-electron chi connectivity index (χ1n) is 10.7. The Kier molecular flexibility index (Phi) is 8.64. The molecule has 1 heterocycles. The number of hydrogen-bond acceptors (Lipinski definition) is 3. The van der Waals surface area contributed by atoms with E-state index in [4.69, 9.17) is 0 Å². The number of carbonyl (C=O) groups is 3. The second kappa shape index (κ2) is 11.6. The summed E-state index contributed by atoms with van der Waals surface area (Å²) in [5.41, 5.74) is 1.32. The highest BCUT2D eigenvalue weighted by atomic mass is 79.9. The van der Waals surface area contributed by atoms with Gasteiger partial charge in [0.25, 0.3) is 5.91 Å². The number of carbonyl (C=O) groups excluding carboxylic acids is 3. The molecule has 6 nitrogen and oxygen atoms in total. The summed E-state index contributed by atoms with van der Waals surface area (Å²) in [4.78, 5) is 38.5. The van der Waals surface area contributed by atoms with Crippen molar-refractivity contribution in [2.45, 2.75) is 32.1 Å². The maximum atomic E-state index is 12.7. The summed E-state index contributed by atoms with van der Waals surface area (Å²) in [5, 5.41) is 5.25. The summed E-state index contributed by atoms with van der Waals surface area (Å²) in [7, 11) is 0. The zero-order chi connectivity index (χ0) is 22.1. The summed E-state index contributed by atoms with van der Waals surface area (Å²) < 4.78 is 0.963. The van der Waals surface area contributed by atoms with Gasteiger partial charge in [0.1, 0.15) is 0 Å². The van der Waals surface area contributed by atoms with Crippen molar-refractivity contribution in [1.29, 1.82) is 0 Å². The fraction of sp³-hybridized carbons (Fsp3) is 0.375. The minimum absolute atomic E-state index is 0.0916. The Labute approximate surface area is 191 Å². The van der Waals surface area contributed by atoms with Crippen molar-refractivity contribution in [3.05, 3.63) is 64.6 Å². The monoisotopic (exact) mass is 485 g/mol. The molecule has 2 N–H and O–H groups in total. The van der Waals surface area contributed by atoms with Gasteiger partial charge >= 0.3 is 11.8 Å². The second-order valence-electron chi connectivity index (χ2n) is 7.84. The number of hydrogen-bond donors (Lipinski definition) is 2. The number of nitrogens with zero attached hydrogens (tertiary/aromatic N) is 1. The zero-order valence-corrected chi connectivity index (χ0v) is 19.1. The first kappa shape index (κ1) is 23.0. The molecule has 1 fully saturated rings. The molecule has 0 aliphatic carbocycles. The molecular formula is C24H28BrN3O3. The molecule has 31 heavy (non-hydrogen) atoms. The molecule has 1 aliphatic heterocycles. The number of para-hydroxylation sites is 1. The molecule has 1 saturated heterocycles. The summed E-state index contributed by atoms with van der Waals surface area (Å²) >= 11 is 3.40. The van der Waals surface area contributed by atoms with Crippen LogP contribution in [0.4, 0.5) is 5.69 Å². The highest BCUT2D eigenvalue weighted by molar-refractivity contribution is 9.10. The molecule has 1 atom stereocenters. The largest absolute Gasteiger partial charge is 0.348 e. The summed E-state index contributed by atoms with van der Waals surface area (Å²) in [6, 6.07) is 16.4. The minimum Gasteiger partial charge on any atom is -0.348 e. The number of unbranched alkanes of at least 4 members (excludes halogenated alkanes) is 1. The van der Waals surface area contributed by atoms with Gasteiger partial charge in [0.05, 0.1) is 0 Å². The molecule has 3 amide bonds. The lowest BCUT2D eigenvalue weighted by Gasteiger charge is -2.33. The summed E-state index contributed by atoms with van der Waals surface area (Å²) in [6.07, 6.45) is 4.91. The maximum Gasteiger partial charge on any atom is 0.313 e. The van der Waals surface area contributed by atoms with Crippen LogP contribution in [0.1, 0.15) is 42.5 Å². The summed E-state index contributed by atoms with van der Waals surface area (Å²) in [6.45, 7) is 2.05. The van der Waals surface area contributed by atoms with E-state index in [9.17, 15) is 14.4 Å². The quantitative estimate of drug-likeness (QED) is 0.454. The first-order valence-corrected chi connectivity index (χ1v) is 11.5. The molecule has 7 heteroatoms. The Balaban J connectivity index is 1.34. The third-order valence-electron chi connectivity index (χ3n) is 5.46. The fourth-order valence-electron chi connectivity index (χ4n) is 3.81. The van der Waals surface area contributed by atoms with Gasteiger partial charge in [-0.2, -0.15) is 0 Å². The number of rotatable bonds is 7. The van der Waals surface area contributed by atoms with Crippen molar-refractivity contribution in [2.24, 2.45) is 5.92 Å². The van der Waals surface area contributed by atoms with Gasteiger partial charge in [-0.05, 0) is 68.0 Å². The molecular weight excluding hydrogens is 458 g/mol. The Bertz CT molecular complexity index is 887. The molecule has 0 aromatic heterocycles. The molecule has 0 radical (unpaired) electrons. The van der Waals surface area contributed by atoms with Crippen molar-refractivity contribution < 1.29 is 14.4 Å². The highest BCUT2D eigenvalue weighted by Crippen LogP contribution is 2.23. The molecule has 2 aromatic rings. The normalized spacial score (nSPS) is 15.9. The number of benzene rings is 2. The van der Waals surface area contributed by atoms with Crippen LogP contribution in [0.3, 0.4) is 0 Å². The van der Waals surface area contributed by atoms with Crippen LogP contribution in [0.2, 0.25) is 0 Å². The van der Waals surface area contributed by atoms with Crippen LogP contribution in [-0.2, 0) is 9.59 Å². The van der Waals surface area contributed by atoms with Crippen molar-refractivity contribution in [3.8, 4) is 0 Å². The van der Waals surface area contributed by atoms with Crippen molar-refractivity contribution >= 4 is 39.3 Å². The lowest BCUT2D eigenvalue weighted by Crippen LogP contribution is -2.40. The lowest BCUT2D eigenvalue weighted by atomic mass is 9.92. The van der Waals surface area contributed by atoms with Crippen LogP contribution >= 0.6 is 15.9 Å². The Hall–Kier alpha value is -2.67. The van der Waals surface area contributed by atoms with E-state index in [1.807, 2.05) is 35.2 Å². The summed E-state index contributed by atoms with van der Waals surface area (Å²) in [5.74, 6) is -0.701. The number of likely N-dealkylation sites (tertiary alicyclic amines) is 1. The minimum atomic E-state index is -0.652. The predicted molar refractivity (Wildman–Crippen MR) is 125 cm³/mol. The van der Waals surface area contributed by atoms with E-state index < -0.39 is 11.8 Å². The molecule has 3 rings (SSSR count). The maximum absolute atomic E-state index is 12.7. The van der Waals surface area contributed by atoms with E-state index in [1.165, 1.54) is 0 Å². The lowest BCUT2D eigenvalue weighted by molar-refractivity contribution is -0.136. The Morgan fingerprint density at radius 2 is 1.71 bits per heavy atom. The van der Waals surface area contributed by atoms with E-state index in [1.54, 1.807) is 24.3 Å². The van der Waals surface area contributed by atoms with Crippen LogP contribution in [0, 0.1) is 5.92 Å². The molecule has 0 bridgehead atoms. The van der Waals surface area contributed by atoms with Crippen LogP contribution in [0.25, 0.3) is 0 Å². The average Bonchev–Trinajstić information content (AvgIpc) is 2.79. The van der Waals surface area contributed by atoms with Gasteiger partial charge < -0.3 is 15.5 Å². The molecule has 0 spiro atoms. The molecule has 164 valence electrons. The standard InChI is InChI=1S/C24H28BrN3O3/c25-20-13-11-19(12-14-20)24(31)28-16-6-8-18(17-28)7-4-5-15-26-22(29)23(30)27-21-9-2-1-3-10-21/h1-3,9-14,18H,4-8,15-17H2,(H,26,29)(H,27,30). The van der Waals surface area contributed by atoms with Crippen LogP contribution in [-0.4, -0.2) is 42.3 Å². The van der Waals surface area contributed by atoms with E-state index >= 15 is 0 Å². The third kappa shape index (κ3) is 7.21. The number of amides is 3. The van der Waals surface area contributed by atoms with Gasteiger partial charge in [0.2, 0.25) is 0 Å². The molecule has 1 unspecified atom stereocenters. The zero-order valence-electron chi connectivity index (χ0n) is 17.5. The average molecular weight is 486 g/mol. The predicted octanol–water partition coefficient (Wildman–Crippen LogP) is 4.23.